The number of rotatable bonds is 7. The molecule has 0 aliphatic heterocycles. The van der Waals surface area contributed by atoms with E-state index in [2.05, 4.69) is 17.3 Å². The van der Waals surface area contributed by atoms with E-state index in [9.17, 15) is 9.59 Å². The van der Waals surface area contributed by atoms with E-state index in [1.807, 2.05) is 42.5 Å². The van der Waals surface area contributed by atoms with Crippen LogP contribution in [0.5, 0.6) is 0 Å². The maximum absolute atomic E-state index is 13.6. The van der Waals surface area contributed by atoms with Crippen molar-refractivity contribution in [2.45, 2.75) is 52.0 Å². The molecule has 2 aromatic heterocycles. The zero-order valence-corrected chi connectivity index (χ0v) is 18.8. The number of hydrogen-bond acceptors (Lipinski definition) is 4. The first kappa shape index (κ1) is 21.1. The minimum Gasteiger partial charge on any atom is -0.305 e. The summed E-state index contributed by atoms with van der Waals surface area (Å²) in [6.45, 7) is 2.61. The van der Waals surface area contributed by atoms with Crippen molar-refractivity contribution in [1.29, 1.82) is 0 Å². The minimum atomic E-state index is -0.331. The van der Waals surface area contributed by atoms with E-state index in [1.54, 1.807) is 16.8 Å². The first-order chi connectivity index (χ1) is 16.2. The first-order valence-corrected chi connectivity index (χ1v) is 11.6. The van der Waals surface area contributed by atoms with E-state index in [4.69, 9.17) is 5.10 Å². The average molecular weight is 442 g/mol. The van der Waals surface area contributed by atoms with Crippen LogP contribution in [0.3, 0.4) is 0 Å². The van der Waals surface area contributed by atoms with E-state index < -0.39 is 0 Å². The van der Waals surface area contributed by atoms with Gasteiger partial charge in [0.15, 0.2) is 5.69 Å². The molecule has 0 fully saturated rings. The molecule has 4 aromatic rings. The summed E-state index contributed by atoms with van der Waals surface area (Å²) in [6, 6.07) is 17.0. The van der Waals surface area contributed by atoms with E-state index >= 15 is 0 Å². The normalized spacial score (nSPS) is 12.8. The number of nitrogens with zero attached hydrogens (tertiary/aromatic N) is 4. The Morgan fingerprint density at radius 2 is 1.73 bits per heavy atom. The number of fused-ring (bicyclic) bond motifs is 2. The lowest BCUT2D eigenvalue weighted by atomic mass is 10.1. The third-order valence-corrected chi connectivity index (χ3v) is 6.20. The van der Waals surface area contributed by atoms with Crippen LogP contribution in [-0.2, 0) is 19.4 Å². The van der Waals surface area contributed by atoms with Gasteiger partial charge in [0.1, 0.15) is 5.82 Å². The number of para-hydroxylation sites is 1. The van der Waals surface area contributed by atoms with Crippen molar-refractivity contribution in [2.24, 2.45) is 0 Å². The molecule has 1 aliphatic carbocycles. The lowest BCUT2D eigenvalue weighted by molar-refractivity contribution is 0.102. The van der Waals surface area contributed by atoms with Gasteiger partial charge in [0.25, 0.3) is 11.5 Å². The van der Waals surface area contributed by atoms with Crippen molar-refractivity contribution in [3.8, 4) is 5.69 Å². The molecule has 0 saturated heterocycles. The van der Waals surface area contributed by atoms with Crippen molar-refractivity contribution in [3.63, 3.8) is 0 Å². The molecule has 0 saturated carbocycles. The maximum atomic E-state index is 13.6. The van der Waals surface area contributed by atoms with Crippen molar-refractivity contribution >= 4 is 22.5 Å². The minimum absolute atomic E-state index is 0.159. The molecular weight excluding hydrogens is 414 g/mol. The van der Waals surface area contributed by atoms with Gasteiger partial charge in [0.05, 0.1) is 16.8 Å². The standard InChI is InChI=1S/C26H27N5O2/c1-2-3-9-17-30-26(33)20-14-8-7-13-19(20)23(29-30)25(32)27-24-21-15-10-16-22(21)28-31(24)18-11-5-4-6-12-18/h4-8,11-14H,2-3,9-10,15-17H2,1H3,(H,27,32). The van der Waals surface area contributed by atoms with Gasteiger partial charge in [-0.2, -0.15) is 10.2 Å². The summed E-state index contributed by atoms with van der Waals surface area (Å²) >= 11 is 0. The molecule has 0 spiro atoms. The van der Waals surface area contributed by atoms with Gasteiger partial charge in [0.2, 0.25) is 0 Å². The number of carbonyl (C=O) groups excluding carboxylic acids is 1. The third-order valence-electron chi connectivity index (χ3n) is 6.20. The van der Waals surface area contributed by atoms with Gasteiger partial charge in [-0.25, -0.2) is 9.36 Å². The van der Waals surface area contributed by atoms with Crippen LogP contribution in [0.2, 0.25) is 0 Å². The highest BCUT2D eigenvalue weighted by Crippen LogP contribution is 2.31. The summed E-state index contributed by atoms with van der Waals surface area (Å²) < 4.78 is 3.24. The van der Waals surface area contributed by atoms with Crippen LogP contribution >= 0.6 is 0 Å². The van der Waals surface area contributed by atoms with E-state index in [0.29, 0.717) is 23.1 Å². The molecule has 2 heterocycles. The van der Waals surface area contributed by atoms with Crippen LogP contribution in [0.25, 0.3) is 16.5 Å². The van der Waals surface area contributed by atoms with Gasteiger partial charge in [-0.1, -0.05) is 56.2 Å². The van der Waals surface area contributed by atoms with Crippen molar-refractivity contribution in [2.75, 3.05) is 5.32 Å². The highest BCUT2D eigenvalue weighted by molar-refractivity contribution is 6.11. The summed E-state index contributed by atoms with van der Waals surface area (Å²) in [4.78, 5) is 26.5. The zero-order valence-electron chi connectivity index (χ0n) is 18.8. The zero-order chi connectivity index (χ0) is 22.8. The Labute approximate surface area is 192 Å². The molecule has 2 aromatic carbocycles. The fourth-order valence-electron chi connectivity index (χ4n) is 4.51. The van der Waals surface area contributed by atoms with Crippen LogP contribution in [0.1, 0.15) is 54.4 Å². The molecule has 1 amide bonds. The van der Waals surface area contributed by atoms with Crippen LogP contribution in [0, 0.1) is 0 Å². The topological polar surface area (TPSA) is 81.8 Å². The lowest BCUT2D eigenvalue weighted by Gasteiger charge is -2.13. The fraction of sp³-hybridized carbons (Fsp3) is 0.308. The van der Waals surface area contributed by atoms with Gasteiger partial charge in [-0.05, 0) is 43.9 Å². The van der Waals surface area contributed by atoms with Crippen LogP contribution in [-0.4, -0.2) is 25.5 Å². The monoisotopic (exact) mass is 441 g/mol. The predicted molar refractivity (Wildman–Crippen MR) is 129 cm³/mol. The molecule has 1 N–H and O–H groups in total. The number of aryl methyl sites for hydroxylation is 2. The highest BCUT2D eigenvalue weighted by atomic mass is 16.2. The summed E-state index contributed by atoms with van der Waals surface area (Å²) in [5.74, 6) is 0.357. The van der Waals surface area contributed by atoms with Crippen LogP contribution in [0.15, 0.2) is 59.4 Å². The molecule has 0 unspecified atom stereocenters. The molecule has 0 radical (unpaired) electrons. The average Bonchev–Trinajstić information content (AvgIpc) is 3.44. The van der Waals surface area contributed by atoms with Gasteiger partial charge >= 0.3 is 0 Å². The molecular formula is C26H27N5O2. The Hall–Kier alpha value is -3.74. The molecule has 5 rings (SSSR count). The van der Waals surface area contributed by atoms with Gasteiger partial charge in [-0.3, -0.25) is 9.59 Å². The van der Waals surface area contributed by atoms with Gasteiger partial charge in [0, 0.05) is 17.5 Å². The number of anilines is 1. The largest absolute Gasteiger partial charge is 0.305 e. The molecule has 168 valence electrons. The summed E-state index contributed by atoms with van der Waals surface area (Å²) in [5, 5.41) is 13.5. The first-order valence-electron chi connectivity index (χ1n) is 11.6. The van der Waals surface area contributed by atoms with E-state index in [0.717, 1.165) is 55.5 Å². The highest BCUT2D eigenvalue weighted by Gasteiger charge is 2.26. The number of carbonyl (C=O) groups is 1. The second kappa shape index (κ2) is 9.02. The molecule has 7 heteroatoms. The summed E-state index contributed by atoms with van der Waals surface area (Å²) in [7, 11) is 0. The molecule has 7 nitrogen and oxygen atoms in total. The number of unbranched alkanes of at least 4 members (excludes halogenated alkanes) is 2. The molecule has 0 bridgehead atoms. The second-order valence-electron chi connectivity index (χ2n) is 8.46. The van der Waals surface area contributed by atoms with Crippen molar-refractivity contribution < 1.29 is 4.79 Å². The van der Waals surface area contributed by atoms with Gasteiger partial charge < -0.3 is 5.32 Å². The van der Waals surface area contributed by atoms with Crippen molar-refractivity contribution in [1.82, 2.24) is 19.6 Å². The quantitative estimate of drug-likeness (QED) is 0.428. The summed E-state index contributed by atoms with van der Waals surface area (Å²) in [6.07, 6.45) is 5.70. The van der Waals surface area contributed by atoms with Crippen LogP contribution < -0.4 is 10.9 Å². The number of nitrogens with one attached hydrogen (secondary N) is 1. The SMILES string of the molecule is CCCCCn1nc(C(=O)Nc2c3c(nn2-c2ccccc2)CCC3)c2ccccc2c1=O. The second-order valence-corrected chi connectivity index (χ2v) is 8.46. The van der Waals surface area contributed by atoms with Gasteiger partial charge in [-0.15, -0.1) is 0 Å². The maximum Gasteiger partial charge on any atom is 0.277 e. The van der Waals surface area contributed by atoms with Crippen LogP contribution in [0.4, 0.5) is 5.82 Å². The third kappa shape index (κ3) is 3.95. The smallest absolute Gasteiger partial charge is 0.277 e. The Kier molecular flexibility index (Phi) is 5.77. The Balaban J connectivity index is 1.57. The molecule has 1 aliphatic rings. The fourth-order valence-corrected chi connectivity index (χ4v) is 4.51. The van der Waals surface area contributed by atoms with E-state index in [-0.39, 0.29) is 17.2 Å². The molecule has 0 atom stereocenters. The lowest BCUT2D eigenvalue weighted by Crippen LogP contribution is -2.28. The molecule has 33 heavy (non-hydrogen) atoms. The predicted octanol–water partition coefficient (Wildman–Crippen LogP) is 4.51. The Morgan fingerprint density at radius 1 is 0.970 bits per heavy atom. The Bertz CT molecular complexity index is 1370. The summed E-state index contributed by atoms with van der Waals surface area (Å²) in [5.41, 5.74) is 3.09. The number of amides is 1. The Morgan fingerprint density at radius 3 is 2.52 bits per heavy atom. The van der Waals surface area contributed by atoms with E-state index in [1.165, 1.54) is 4.68 Å². The number of aromatic nitrogens is 4. The number of hydrogen-bond donors (Lipinski definition) is 1. The van der Waals surface area contributed by atoms with Crippen molar-refractivity contribution in [3.05, 3.63) is 81.9 Å². The number of benzene rings is 2.